The molecule has 1 heterocycles. The summed E-state index contributed by atoms with van der Waals surface area (Å²) in [5, 5.41) is 8.34. The van der Waals surface area contributed by atoms with Crippen molar-refractivity contribution in [3.63, 3.8) is 0 Å². The topological polar surface area (TPSA) is 92.7 Å². The highest BCUT2D eigenvalue weighted by Gasteiger charge is 2.21. The average Bonchev–Trinajstić information content (AvgIpc) is 2.16. The van der Waals surface area contributed by atoms with Gasteiger partial charge in [-0.05, 0) is 18.8 Å². The third-order valence-electron chi connectivity index (χ3n) is 2.24. The number of carbonyl (C=O) groups is 1. The Balaban J connectivity index is 2.37. The first kappa shape index (κ1) is 12.4. The van der Waals surface area contributed by atoms with Gasteiger partial charge in [-0.1, -0.05) is 0 Å². The number of nitrogens with one attached hydrogen (secondary N) is 1. The molecule has 0 aromatic carbocycles. The monoisotopic (exact) mass is 237 g/mol. The van der Waals surface area contributed by atoms with E-state index < -0.39 is 22.5 Å². The number of carboxylic acids is 1. The van der Waals surface area contributed by atoms with Crippen LogP contribution in [0.5, 0.6) is 0 Å². The summed E-state index contributed by atoms with van der Waals surface area (Å²) in [4.78, 5) is 10.2. The Labute approximate surface area is 88.7 Å². The van der Waals surface area contributed by atoms with Gasteiger partial charge in [-0.3, -0.25) is 4.79 Å². The van der Waals surface area contributed by atoms with Crippen molar-refractivity contribution in [3.05, 3.63) is 0 Å². The second kappa shape index (κ2) is 5.43. The SMILES string of the molecule is O=C(O)CNS(=O)(=O)CC1CCOCC1. The van der Waals surface area contributed by atoms with Gasteiger partial charge in [0.2, 0.25) is 10.0 Å². The predicted molar refractivity (Wildman–Crippen MR) is 53.0 cm³/mol. The highest BCUT2D eigenvalue weighted by atomic mass is 32.2. The zero-order valence-electron chi connectivity index (χ0n) is 8.31. The van der Waals surface area contributed by atoms with Crippen molar-refractivity contribution in [2.24, 2.45) is 5.92 Å². The third kappa shape index (κ3) is 5.10. The van der Waals surface area contributed by atoms with Crippen LogP contribution in [0.3, 0.4) is 0 Å². The summed E-state index contributed by atoms with van der Waals surface area (Å²) >= 11 is 0. The fraction of sp³-hybridized carbons (Fsp3) is 0.875. The molecule has 7 heteroatoms. The molecule has 0 unspecified atom stereocenters. The molecular formula is C8H15NO5S. The normalized spacial score (nSPS) is 18.9. The molecular weight excluding hydrogens is 222 g/mol. The van der Waals surface area contributed by atoms with Gasteiger partial charge in [0.25, 0.3) is 0 Å². The molecule has 0 spiro atoms. The number of hydrogen-bond acceptors (Lipinski definition) is 4. The van der Waals surface area contributed by atoms with Gasteiger partial charge in [-0.15, -0.1) is 0 Å². The number of aliphatic carboxylic acids is 1. The van der Waals surface area contributed by atoms with E-state index in [1.165, 1.54) is 0 Å². The van der Waals surface area contributed by atoms with Crippen molar-refractivity contribution >= 4 is 16.0 Å². The summed E-state index contributed by atoms with van der Waals surface area (Å²) in [6.45, 7) is 0.615. The largest absolute Gasteiger partial charge is 0.480 e. The van der Waals surface area contributed by atoms with Crippen LogP contribution in [-0.2, 0) is 19.6 Å². The fourth-order valence-electron chi connectivity index (χ4n) is 1.45. The van der Waals surface area contributed by atoms with Crippen LogP contribution in [0, 0.1) is 5.92 Å². The smallest absolute Gasteiger partial charge is 0.318 e. The summed E-state index contributed by atoms with van der Waals surface area (Å²) in [6.07, 6.45) is 1.43. The van der Waals surface area contributed by atoms with Crippen LogP contribution in [0.25, 0.3) is 0 Å². The van der Waals surface area contributed by atoms with Gasteiger partial charge in [-0.25, -0.2) is 13.1 Å². The average molecular weight is 237 g/mol. The van der Waals surface area contributed by atoms with Gasteiger partial charge in [0.05, 0.1) is 5.75 Å². The van der Waals surface area contributed by atoms with E-state index in [0.717, 1.165) is 0 Å². The first-order valence-corrected chi connectivity index (χ1v) is 6.42. The molecule has 0 radical (unpaired) electrons. The Bertz CT molecular complexity index is 307. The van der Waals surface area contributed by atoms with Crippen molar-refractivity contribution in [3.8, 4) is 0 Å². The lowest BCUT2D eigenvalue weighted by atomic mass is 10.0. The lowest BCUT2D eigenvalue weighted by Gasteiger charge is -2.21. The molecule has 0 atom stereocenters. The van der Waals surface area contributed by atoms with Crippen LogP contribution in [0.1, 0.15) is 12.8 Å². The van der Waals surface area contributed by atoms with Crippen LogP contribution in [-0.4, -0.2) is 45.0 Å². The number of rotatable bonds is 5. The summed E-state index contributed by atoms with van der Waals surface area (Å²) in [7, 11) is -3.46. The van der Waals surface area contributed by atoms with Gasteiger partial charge in [0.1, 0.15) is 6.54 Å². The summed E-state index contributed by atoms with van der Waals surface area (Å²) < 4.78 is 29.9. The van der Waals surface area contributed by atoms with Crippen molar-refractivity contribution in [2.75, 3.05) is 25.5 Å². The molecule has 1 aliphatic heterocycles. The molecule has 1 fully saturated rings. The van der Waals surface area contributed by atoms with E-state index in [1.807, 2.05) is 4.72 Å². The summed E-state index contributed by atoms with van der Waals surface area (Å²) in [5.74, 6) is -1.11. The molecule has 1 rings (SSSR count). The Morgan fingerprint density at radius 2 is 2.00 bits per heavy atom. The minimum atomic E-state index is -3.46. The minimum Gasteiger partial charge on any atom is -0.480 e. The van der Waals surface area contributed by atoms with Crippen LogP contribution in [0.4, 0.5) is 0 Å². The highest BCUT2D eigenvalue weighted by molar-refractivity contribution is 7.89. The van der Waals surface area contributed by atoms with E-state index in [1.54, 1.807) is 0 Å². The molecule has 0 amide bonds. The second-order valence-electron chi connectivity index (χ2n) is 3.55. The third-order valence-corrected chi connectivity index (χ3v) is 3.73. The van der Waals surface area contributed by atoms with Gasteiger partial charge in [0, 0.05) is 13.2 Å². The van der Waals surface area contributed by atoms with E-state index >= 15 is 0 Å². The van der Waals surface area contributed by atoms with Crippen molar-refractivity contribution in [1.82, 2.24) is 4.72 Å². The Hall–Kier alpha value is -0.660. The fourth-order valence-corrected chi connectivity index (χ4v) is 2.87. The van der Waals surface area contributed by atoms with Gasteiger partial charge < -0.3 is 9.84 Å². The van der Waals surface area contributed by atoms with Crippen LogP contribution < -0.4 is 4.72 Å². The molecule has 0 aromatic heterocycles. The highest BCUT2D eigenvalue weighted by Crippen LogP contribution is 2.16. The molecule has 15 heavy (non-hydrogen) atoms. The molecule has 0 aromatic rings. The van der Waals surface area contributed by atoms with Crippen LogP contribution in [0.2, 0.25) is 0 Å². The molecule has 2 N–H and O–H groups in total. The maximum atomic E-state index is 11.4. The van der Waals surface area contributed by atoms with Gasteiger partial charge >= 0.3 is 5.97 Å². The van der Waals surface area contributed by atoms with Crippen molar-refractivity contribution in [1.29, 1.82) is 0 Å². The van der Waals surface area contributed by atoms with E-state index in [-0.39, 0.29) is 11.7 Å². The van der Waals surface area contributed by atoms with Crippen LogP contribution in [0.15, 0.2) is 0 Å². The standard InChI is InChI=1S/C8H15NO5S/c10-8(11)5-9-15(12,13)6-7-1-3-14-4-2-7/h7,9H,1-6H2,(H,10,11). The zero-order chi connectivity index (χ0) is 11.3. The van der Waals surface area contributed by atoms with E-state index in [2.05, 4.69) is 0 Å². The molecule has 0 saturated carbocycles. The second-order valence-corrected chi connectivity index (χ2v) is 5.40. The van der Waals surface area contributed by atoms with Crippen molar-refractivity contribution in [2.45, 2.75) is 12.8 Å². The lowest BCUT2D eigenvalue weighted by molar-refractivity contribution is -0.135. The molecule has 1 aliphatic rings. The zero-order valence-corrected chi connectivity index (χ0v) is 9.12. The predicted octanol–water partition coefficient (Wildman–Crippen LogP) is -0.583. The molecule has 6 nitrogen and oxygen atoms in total. The molecule has 88 valence electrons. The molecule has 0 bridgehead atoms. The van der Waals surface area contributed by atoms with Gasteiger partial charge in [-0.2, -0.15) is 0 Å². The Morgan fingerprint density at radius 1 is 1.40 bits per heavy atom. The summed E-state index contributed by atoms with van der Waals surface area (Å²) in [6, 6.07) is 0. The minimum absolute atomic E-state index is 0.0103. The Morgan fingerprint density at radius 3 is 2.53 bits per heavy atom. The lowest BCUT2D eigenvalue weighted by Crippen LogP contribution is -2.35. The number of sulfonamides is 1. The first-order valence-electron chi connectivity index (χ1n) is 4.76. The van der Waals surface area contributed by atoms with E-state index in [9.17, 15) is 13.2 Å². The number of carboxylic acid groups (broad SMARTS) is 1. The molecule has 0 aliphatic carbocycles. The van der Waals surface area contributed by atoms with E-state index in [0.29, 0.717) is 26.1 Å². The van der Waals surface area contributed by atoms with E-state index in [4.69, 9.17) is 9.84 Å². The quantitative estimate of drug-likeness (QED) is 0.667. The van der Waals surface area contributed by atoms with Gasteiger partial charge in [0.15, 0.2) is 0 Å². The molecule has 1 saturated heterocycles. The van der Waals surface area contributed by atoms with Crippen LogP contribution >= 0.6 is 0 Å². The Kier molecular flexibility index (Phi) is 4.49. The number of hydrogen-bond donors (Lipinski definition) is 2. The maximum absolute atomic E-state index is 11.4. The number of ether oxygens (including phenoxy) is 1. The maximum Gasteiger partial charge on any atom is 0.318 e. The van der Waals surface area contributed by atoms with Crippen molar-refractivity contribution < 1.29 is 23.1 Å². The first-order chi connectivity index (χ1) is 6.99. The summed E-state index contributed by atoms with van der Waals surface area (Å²) in [5.41, 5.74) is 0.